The maximum absolute atomic E-state index is 11.5. The van der Waals surface area contributed by atoms with E-state index in [0.29, 0.717) is 0 Å². The van der Waals surface area contributed by atoms with E-state index in [-0.39, 0.29) is 59.1 Å². The maximum Gasteiger partial charge on any atom is 1.00 e. The Morgan fingerprint density at radius 1 is 1.03 bits per heavy atom. The van der Waals surface area contributed by atoms with E-state index in [1.165, 1.54) is 0 Å². The summed E-state index contributed by atoms with van der Waals surface area (Å²) in [6.45, 7) is 0.113. The van der Waals surface area contributed by atoms with E-state index in [0.717, 1.165) is 14.0 Å². The normalized spacial score (nSPS) is 39.0. The van der Waals surface area contributed by atoms with Crippen molar-refractivity contribution in [3.63, 3.8) is 0 Å². The average Bonchev–Trinajstić information content (AvgIpc) is 2.68. The third kappa shape index (κ3) is 8.52. The predicted molar refractivity (Wildman–Crippen MR) is 92.6 cm³/mol. The van der Waals surface area contributed by atoms with E-state index >= 15 is 0 Å². The molecule has 2 heterocycles. The summed E-state index contributed by atoms with van der Waals surface area (Å²) in [5.74, 6) is -2.81. The van der Waals surface area contributed by atoms with Crippen LogP contribution in [0.5, 0.6) is 0 Å². The van der Waals surface area contributed by atoms with E-state index in [2.05, 4.69) is 9.18 Å². The molecular formula is C15H23NNa2O15S. The van der Waals surface area contributed by atoms with Gasteiger partial charge < -0.3 is 54.4 Å². The molecule has 16 nitrogen and oxygen atoms in total. The van der Waals surface area contributed by atoms with Crippen molar-refractivity contribution in [2.45, 2.75) is 68.3 Å². The van der Waals surface area contributed by atoms with Crippen molar-refractivity contribution in [2.75, 3.05) is 13.7 Å². The second-order valence-corrected chi connectivity index (χ2v) is 7.95. The molecule has 2 rings (SSSR count). The van der Waals surface area contributed by atoms with Gasteiger partial charge in [0.15, 0.2) is 12.6 Å². The molecule has 0 unspecified atom stereocenters. The summed E-state index contributed by atoms with van der Waals surface area (Å²) in [6.07, 6.45) is -17.2. The van der Waals surface area contributed by atoms with Crippen LogP contribution in [-0.2, 0) is 38.3 Å². The van der Waals surface area contributed by atoms with Crippen LogP contribution in [0, 0.1) is 0 Å². The zero-order chi connectivity index (χ0) is 24.4. The van der Waals surface area contributed by atoms with E-state index in [4.69, 9.17) is 18.9 Å². The molecule has 2 aliphatic rings. The van der Waals surface area contributed by atoms with Gasteiger partial charge in [0.2, 0.25) is 0 Å². The topological polar surface area (TPSA) is 257 Å². The summed E-state index contributed by atoms with van der Waals surface area (Å²) in [4.78, 5) is 14.8. The van der Waals surface area contributed by atoms with Crippen LogP contribution in [0.4, 0.5) is 0 Å². The second-order valence-electron chi connectivity index (χ2n) is 6.91. The zero-order valence-corrected chi connectivity index (χ0v) is 23.5. The molecule has 0 radical (unpaired) electrons. The predicted octanol–water partition coefficient (Wildman–Crippen LogP) is -12.4. The Bertz CT molecular complexity index is 797. The largest absolute Gasteiger partial charge is 1.00 e. The van der Waals surface area contributed by atoms with E-state index in [9.17, 15) is 48.4 Å². The number of aliphatic imine (C=N–C) groups is 1. The summed E-state index contributed by atoms with van der Waals surface area (Å²) in [5.41, 5.74) is 0. The SMILES string of the molecule is CO[C@H]1O[C@H](CO)[C@@H](O[C@@H]2O[C@H](C(=O)[O-])[C@@H](O)[C@H](O)[C@H]2O)[C@H](OS(=O)(=O)O)[C@H]1N=C(C)[O-].[Na+].[Na+]. The Kier molecular flexibility index (Phi) is 14.6. The first-order valence-electron chi connectivity index (χ1n) is 9.03. The fourth-order valence-electron chi connectivity index (χ4n) is 3.30. The van der Waals surface area contributed by atoms with Crippen molar-refractivity contribution < 1.29 is 131 Å². The molecule has 186 valence electrons. The van der Waals surface area contributed by atoms with Gasteiger partial charge in [-0.05, 0) is 12.8 Å². The van der Waals surface area contributed by atoms with Gasteiger partial charge in [-0.2, -0.15) is 8.42 Å². The number of aliphatic hydroxyl groups is 4. The molecule has 0 aromatic carbocycles. The molecule has 2 aliphatic heterocycles. The van der Waals surface area contributed by atoms with Crippen LogP contribution >= 0.6 is 0 Å². The van der Waals surface area contributed by atoms with Gasteiger partial charge in [0.25, 0.3) is 0 Å². The van der Waals surface area contributed by atoms with Crippen molar-refractivity contribution in [1.82, 2.24) is 0 Å². The van der Waals surface area contributed by atoms with Gasteiger partial charge in [-0.25, -0.2) is 4.18 Å². The number of ether oxygens (including phenoxy) is 4. The molecule has 34 heavy (non-hydrogen) atoms. The number of nitrogens with zero attached hydrogens (tertiary/aromatic N) is 1. The first-order chi connectivity index (χ1) is 14.8. The standard InChI is InChI=1S/C15H25NO15S.2Na/c1-4(18)16-6-11(31-32(24,25)26)10(5(3-17)28-14(6)27-2)29-15-9(21)7(19)8(20)12(30-15)13(22)23;;/h5-12,14-15,17,19-21H,3H2,1-2H3,(H,16,18)(H,22,23)(H,24,25,26);;/q;2*+1/p-2/t5-,6-,7+,8+,9-,10-,11-,12+,14+,15-;;/m1../s1. The first kappa shape index (κ1) is 34.5. The number of carboxylic acid groups (broad SMARTS) is 1. The van der Waals surface area contributed by atoms with E-state index < -0.39 is 90.2 Å². The fraction of sp³-hybridized carbons (Fsp3) is 0.867. The molecule has 2 fully saturated rings. The Balaban J connectivity index is 0.00000544. The number of carbonyl (C=O) groups excluding carboxylic acids is 1. The molecule has 0 aromatic rings. The van der Waals surface area contributed by atoms with Crippen LogP contribution in [0.15, 0.2) is 4.99 Å². The van der Waals surface area contributed by atoms with Crippen LogP contribution < -0.4 is 69.3 Å². The van der Waals surface area contributed by atoms with Gasteiger partial charge in [0, 0.05) is 7.11 Å². The summed E-state index contributed by atoms with van der Waals surface area (Å²) in [5, 5.41) is 62.2. The minimum absolute atomic E-state index is 0. The van der Waals surface area contributed by atoms with E-state index in [1.807, 2.05) is 0 Å². The Labute approximate surface area is 238 Å². The van der Waals surface area contributed by atoms with Crippen LogP contribution in [0.25, 0.3) is 0 Å². The molecule has 2 saturated heterocycles. The minimum Gasteiger partial charge on any atom is -0.862 e. The molecule has 5 N–H and O–H groups in total. The fourth-order valence-corrected chi connectivity index (χ4v) is 3.81. The number of carboxylic acids is 1. The smallest absolute Gasteiger partial charge is 0.862 e. The summed E-state index contributed by atoms with van der Waals surface area (Å²) in [6, 6.07) is -1.60. The van der Waals surface area contributed by atoms with Gasteiger partial charge in [0.05, 0.1) is 12.6 Å². The summed E-state index contributed by atoms with van der Waals surface area (Å²) >= 11 is 0. The molecule has 19 heteroatoms. The number of methoxy groups -OCH3 is 1. The molecule has 0 bridgehead atoms. The van der Waals surface area contributed by atoms with Crippen LogP contribution in [-0.4, -0.2) is 120 Å². The Morgan fingerprint density at radius 2 is 1.62 bits per heavy atom. The maximum atomic E-state index is 11.5. The number of carbonyl (C=O) groups is 1. The molecular weight excluding hydrogens is 512 g/mol. The summed E-state index contributed by atoms with van der Waals surface area (Å²) < 4.78 is 57.3. The Morgan fingerprint density at radius 3 is 2.06 bits per heavy atom. The molecule has 0 aliphatic carbocycles. The number of aliphatic hydroxyl groups excluding tert-OH is 4. The monoisotopic (exact) mass is 535 g/mol. The van der Waals surface area contributed by atoms with E-state index in [1.54, 1.807) is 0 Å². The van der Waals surface area contributed by atoms with Crippen molar-refractivity contribution in [3.05, 3.63) is 0 Å². The molecule has 0 saturated carbocycles. The van der Waals surface area contributed by atoms with Gasteiger partial charge in [-0.1, -0.05) is 0 Å². The third-order valence-electron chi connectivity index (χ3n) is 4.68. The minimum atomic E-state index is -5.23. The van der Waals surface area contributed by atoms with Crippen LogP contribution in [0.1, 0.15) is 6.92 Å². The van der Waals surface area contributed by atoms with Crippen LogP contribution in [0.3, 0.4) is 0 Å². The zero-order valence-electron chi connectivity index (χ0n) is 18.7. The van der Waals surface area contributed by atoms with Crippen molar-refractivity contribution >= 4 is 22.3 Å². The van der Waals surface area contributed by atoms with Crippen molar-refractivity contribution in [2.24, 2.45) is 4.99 Å². The molecule has 0 spiro atoms. The average molecular weight is 535 g/mol. The van der Waals surface area contributed by atoms with Gasteiger partial charge in [-0.15, -0.1) is 0 Å². The second kappa shape index (κ2) is 14.4. The van der Waals surface area contributed by atoms with Crippen molar-refractivity contribution in [3.8, 4) is 0 Å². The number of hydrogen-bond acceptors (Lipinski definition) is 15. The van der Waals surface area contributed by atoms with Gasteiger partial charge in [-0.3, -0.25) is 9.55 Å². The quantitative estimate of drug-likeness (QED) is 0.0836. The Hall–Kier alpha value is 0.490. The van der Waals surface area contributed by atoms with Crippen LogP contribution in [0.2, 0.25) is 0 Å². The number of rotatable bonds is 8. The van der Waals surface area contributed by atoms with Crippen molar-refractivity contribution in [1.29, 1.82) is 0 Å². The summed E-state index contributed by atoms with van der Waals surface area (Å²) in [7, 11) is -4.13. The van der Waals surface area contributed by atoms with Gasteiger partial charge >= 0.3 is 69.5 Å². The number of aliphatic carboxylic acids is 1. The molecule has 0 amide bonds. The van der Waals surface area contributed by atoms with Gasteiger partial charge in [0.1, 0.15) is 48.8 Å². The number of hydrogen-bond donors (Lipinski definition) is 5. The third-order valence-corrected chi connectivity index (χ3v) is 5.15. The first-order valence-corrected chi connectivity index (χ1v) is 10.4. The molecule has 0 aromatic heterocycles. The molecule has 10 atom stereocenters.